The third-order valence-corrected chi connectivity index (χ3v) is 4.00. The summed E-state index contributed by atoms with van der Waals surface area (Å²) >= 11 is 0. The molecule has 1 aromatic carbocycles. The van der Waals surface area contributed by atoms with Gasteiger partial charge in [-0.3, -0.25) is 4.79 Å². The van der Waals surface area contributed by atoms with E-state index in [4.69, 9.17) is 0 Å². The zero-order chi connectivity index (χ0) is 13.7. The van der Waals surface area contributed by atoms with Crippen LogP contribution in [0.1, 0.15) is 49.9 Å². The van der Waals surface area contributed by atoms with Crippen LogP contribution in [-0.4, -0.2) is 18.5 Å². The van der Waals surface area contributed by atoms with Crippen molar-refractivity contribution in [3.63, 3.8) is 0 Å². The van der Waals surface area contributed by atoms with E-state index in [1.54, 1.807) is 0 Å². The minimum atomic E-state index is 0.0379. The summed E-state index contributed by atoms with van der Waals surface area (Å²) in [5.41, 5.74) is 1.66. The molecule has 2 N–H and O–H groups in total. The highest BCUT2D eigenvalue weighted by molar-refractivity contribution is 5.99. The third-order valence-electron chi connectivity index (χ3n) is 4.00. The standard InChI is InChI=1S/C16H24N2O/c1-3-17-15-11-7-6-10-14(15)16(19)18-12(2)13-8-4-5-9-13/h6-7,10-13,17H,3-5,8-9H2,1-2H3,(H,18,19)/t12-/m0/s1. The first kappa shape index (κ1) is 13.9. The molecule has 0 bridgehead atoms. The third kappa shape index (κ3) is 3.49. The molecule has 1 amide bonds. The second-order valence-electron chi connectivity index (χ2n) is 5.38. The van der Waals surface area contributed by atoms with Crippen LogP contribution in [0.3, 0.4) is 0 Å². The molecule has 0 saturated heterocycles. The fraction of sp³-hybridized carbons (Fsp3) is 0.562. The molecule has 1 aromatic rings. The Morgan fingerprint density at radius 1 is 1.32 bits per heavy atom. The molecule has 3 heteroatoms. The van der Waals surface area contributed by atoms with Gasteiger partial charge in [-0.25, -0.2) is 0 Å². The predicted molar refractivity (Wildman–Crippen MR) is 79.5 cm³/mol. The fourth-order valence-corrected chi connectivity index (χ4v) is 2.89. The molecule has 1 fully saturated rings. The molecule has 0 aliphatic heterocycles. The van der Waals surface area contributed by atoms with Crippen molar-refractivity contribution in [2.24, 2.45) is 5.92 Å². The van der Waals surface area contributed by atoms with Gasteiger partial charge in [0.2, 0.25) is 0 Å². The number of hydrogen-bond acceptors (Lipinski definition) is 2. The first-order chi connectivity index (χ1) is 9.22. The Morgan fingerprint density at radius 3 is 2.68 bits per heavy atom. The van der Waals surface area contributed by atoms with E-state index in [2.05, 4.69) is 17.6 Å². The normalized spacial score (nSPS) is 17.2. The van der Waals surface area contributed by atoms with Crippen molar-refractivity contribution >= 4 is 11.6 Å². The molecular formula is C16H24N2O. The van der Waals surface area contributed by atoms with Crippen molar-refractivity contribution in [1.82, 2.24) is 5.32 Å². The Labute approximate surface area is 115 Å². The van der Waals surface area contributed by atoms with Crippen LogP contribution >= 0.6 is 0 Å². The molecule has 104 valence electrons. The molecule has 2 rings (SSSR count). The van der Waals surface area contributed by atoms with Gasteiger partial charge >= 0.3 is 0 Å². The molecule has 1 saturated carbocycles. The van der Waals surface area contributed by atoms with Crippen molar-refractivity contribution in [3.05, 3.63) is 29.8 Å². The van der Waals surface area contributed by atoms with Gasteiger partial charge in [-0.2, -0.15) is 0 Å². The minimum absolute atomic E-state index is 0.0379. The number of nitrogens with one attached hydrogen (secondary N) is 2. The van der Waals surface area contributed by atoms with Crippen molar-refractivity contribution in [2.45, 2.75) is 45.6 Å². The molecule has 19 heavy (non-hydrogen) atoms. The molecule has 0 radical (unpaired) electrons. The van der Waals surface area contributed by atoms with Crippen molar-refractivity contribution in [1.29, 1.82) is 0 Å². The first-order valence-electron chi connectivity index (χ1n) is 7.36. The predicted octanol–water partition coefficient (Wildman–Crippen LogP) is 3.43. The maximum atomic E-state index is 12.4. The Bertz CT molecular complexity index is 425. The van der Waals surface area contributed by atoms with E-state index in [1.807, 2.05) is 31.2 Å². The molecule has 0 heterocycles. The van der Waals surface area contributed by atoms with E-state index in [0.29, 0.717) is 5.92 Å². The Hall–Kier alpha value is -1.51. The van der Waals surface area contributed by atoms with E-state index >= 15 is 0 Å². The van der Waals surface area contributed by atoms with Crippen LogP contribution in [0.25, 0.3) is 0 Å². The average Bonchev–Trinajstić information content (AvgIpc) is 2.93. The second kappa shape index (κ2) is 6.60. The number of anilines is 1. The van der Waals surface area contributed by atoms with Crippen LogP contribution in [0.4, 0.5) is 5.69 Å². The van der Waals surface area contributed by atoms with Gasteiger partial charge in [0.1, 0.15) is 0 Å². The van der Waals surface area contributed by atoms with E-state index < -0.39 is 0 Å². The van der Waals surface area contributed by atoms with Gasteiger partial charge in [0.05, 0.1) is 5.56 Å². The van der Waals surface area contributed by atoms with E-state index in [-0.39, 0.29) is 11.9 Å². The molecular weight excluding hydrogens is 236 g/mol. The van der Waals surface area contributed by atoms with Gasteiger partial charge in [0.25, 0.3) is 5.91 Å². The summed E-state index contributed by atoms with van der Waals surface area (Å²) in [7, 11) is 0. The highest BCUT2D eigenvalue weighted by Gasteiger charge is 2.23. The summed E-state index contributed by atoms with van der Waals surface area (Å²) in [5, 5.41) is 6.40. The highest BCUT2D eigenvalue weighted by Crippen LogP contribution is 2.27. The van der Waals surface area contributed by atoms with Gasteiger partial charge in [0.15, 0.2) is 0 Å². The minimum Gasteiger partial charge on any atom is -0.385 e. The molecule has 0 unspecified atom stereocenters. The number of carbonyl (C=O) groups excluding carboxylic acids is 1. The molecule has 3 nitrogen and oxygen atoms in total. The van der Waals surface area contributed by atoms with E-state index in [9.17, 15) is 4.79 Å². The number of hydrogen-bond donors (Lipinski definition) is 2. The lowest BCUT2D eigenvalue weighted by Crippen LogP contribution is -2.37. The Balaban J connectivity index is 2.02. The van der Waals surface area contributed by atoms with Gasteiger partial charge in [-0.15, -0.1) is 0 Å². The van der Waals surface area contributed by atoms with Crippen LogP contribution in [0.15, 0.2) is 24.3 Å². The number of para-hydroxylation sites is 1. The lowest BCUT2D eigenvalue weighted by atomic mass is 9.99. The maximum Gasteiger partial charge on any atom is 0.253 e. The summed E-state index contributed by atoms with van der Waals surface area (Å²) in [5.74, 6) is 0.686. The molecule has 1 atom stereocenters. The summed E-state index contributed by atoms with van der Waals surface area (Å²) in [6.45, 7) is 4.99. The SMILES string of the molecule is CCNc1ccccc1C(=O)N[C@@H](C)C1CCCC1. The topological polar surface area (TPSA) is 41.1 Å². The van der Waals surface area contributed by atoms with Crippen LogP contribution < -0.4 is 10.6 Å². The molecule has 1 aliphatic carbocycles. The summed E-state index contributed by atoms with van der Waals surface area (Å²) in [6.07, 6.45) is 5.10. The van der Waals surface area contributed by atoms with Crippen molar-refractivity contribution in [3.8, 4) is 0 Å². The highest BCUT2D eigenvalue weighted by atomic mass is 16.1. The lowest BCUT2D eigenvalue weighted by molar-refractivity contribution is 0.0928. The van der Waals surface area contributed by atoms with Crippen LogP contribution in [0.5, 0.6) is 0 Å². The zero-order valence-corrected chi connectivity index (χ0v) is 11.9. The molecule has 0 spiro atoms. The van der Waals surface area contributed by atoms with Crippen LogP contribution in [-0.2, 0) is 0 Å². The quantitative estimate of drug-likeness (QED) is 0.851. The lowest BCUT2D eigenvalue weighted by Gasteiger charge is -2.21. The summed E-state index contributed by atoms with van der Waals surface area (Å²) in [6, 6.07) is 7.98. The average molecular weight is 260 g/mol. The zero-order valence-electron chi connectivity index (χ0n) is 11.9. The van der Waals surface area contributed by atoms with Gasteiger partial charge < -0.3 is 10.6 Å². The Morgan fingerprint density at radius 2 is 2.00 bits per heavy atom. The van der Waals surface area contributed by atoms with Gasteiger partial charge in [-0.1, -0.05) is 25.0 Å². The van der Waals surface area contributed by atoms with Crippen LogP contribution in [0, 0.1) is 5.92 Å². The number of rotatable bonds is 5. The number of benzene rings is 1. The fourth-order valence-electron chi connectivity index (χ4n) is 2.89. The largest absolute Gasteiger partial charge is 0.385 e. The monoisotopic (exact) mass is 260 g/mol. The summed E-state index contributed by atoms with van der Waals surface area (Å²) in [4.78, 5) is 12.4. The first-order valence-corrected chi connectivity index (χ1v) is 7.36. The van der Waals surface area contributed by atoms with Crippen LogP contribution in [0.2, 0.25) is 0 Å². The molecule has 1 aliphatic rings. The smallest absolute Gasteiger partial charge is 0.253 e. The van der Waals surface area contributed by atoms with E-state index in [1.165, 1.54) is 25.7 Å². The maximum absolute atomic E-state index is 12.4. The van der Waals surface area contributed by atoms with Gasteiger partial charge in [-0.05, 0) is 44.7 Å². The molecule has 0 aromatic heterocycles. The summed E-state index contributed by atoms with van der Waals surface area (Å²) < 4.78 is 0. The Kier molecular flexibility index (Phi) is 4.83. The van der Waals surface area contributed by atoms with Gasteiger partial charge in [0, 0.05) is 18.3 Å². The van der Waals surface area contributed by atoms with Crippen molar-refractivity contribution in [2.75, 3.05) is 11.9 Å². The second-order valence-corrected chi connectivity index (χ2v) is 5.38. The number of carbonyl (C=O) groups is 1. The number of amides is 1. The van der Waals surface area contributed by atoms with Crippen molar-refractivity contribution < 1.29 is 4.79 Å². The van der Waals surface area contributed by atoms with E-state index in [0.717, 1.165) is 17.8 Å².